The Hall–Kier alpha value is -2.13. The van der Waals surface area contributed by atoms with Crippen LogP contribution in [0, 0.1) is 11.8 Å². The van der Waals surface area contributed by atoms with Crippen LogP contribution in [-0.2, 0) is 10.2 Å². The van der Waals surface area contributed by atoms with Crippen LogP contribution in [0.2, 0.25) is 0 Å². The average Bonchev–Trinajstić information content (AvgIpc) is 3.19. The van der Waals surface area contributed by atoms with E-state index in [1.807, 2.05) is 18.2 Å². The first kappa shape index (κ1) is 17.3. The number of carbonyl (C=O) groups is 1. The molecule has 26 heavy (non-hydrogen) atoms. The summed E-state index contributed by atoms with van der Waals surface area (Å²) in [5, 5.41) is 0. The highest BCUT2D eigenvalue weighted by molar-refractivity contribution is 5.87. The molecule has 0 aromatic heterocycles. The number of hydrogen-bond acceptors (Lipinski definition) is 2. The minimum atomic E-state index is -0.478. The van der Waals surface area contributed by atoms with Crippen LogP contribution in [-0.4, -0.2) is 42.4 Å². The number of rotatable bonds is 3. The van der Waals surface area contributed by atoms with E-state index in [1.54, 1.807) is 0 Å². The van der Waals surface area contributed by atoms with Crippen molar-refractivity contribution in [2.75, 3.05) is 26.7 Å². The number of carbonyl (C=O) groups excluding carboxylic acids is 1. The molecule has 0 radical (unpaired) electrons. The lowest BCUT2D eigenvalue weighted by Crippen LogP contribution is -2.43. The van der Waals surface area contributed by atoms with E-state index in [4.69, 9.17) is 0 Å². The van der Waals surface area contributed by atoms with Crippen LogP contribution in [0.4, 0.5) is 0 Å². The number of likely N-dealkylation sites (tertiary alicyclic amines) is 2. The van der Waals surface area contributed by atoms with Gasteiger partial charge in [-0.15, -0.1) is 0 Å². The lowest BCUT2D eigenvalue weighted by molar-refractivity contribution is -0.135. The molecule has 0 saturated carbocycles. The monoisotopic (exact) mass is 348 g/mol. The van der Waals surface area contributed by atoms with Crippen molar-refractivity contribution in [1.29, 1.82) is 0 Å². The number of hydrogen-bond donors (Lipinski definition) is 0. The van der Waals surface area contributed by atoms with E-state index in [2.05, 4.69) is 73.2 Å². The topological polar surface area (TPSA) is 23.6 Å². The number of fused-ring (bicyclic) bond motifs is 1. The second-order valence-electron chi connectivity index (χ2n) is 8.42. The van der Waals surface area contributed by atoms with Crippen molar-refractivity contribution in [2.45, 2.75) is 25.3 Å². The third-order valence-electron chi connectivity index (χ3n) is 6.35. The summed E-state index contributed by atoms with van der Waals surface area (Å²) in [5.41, 5.74) is 1.99. The highest BCUT2D eigenvalue weighted by atomic mass is 16.2. The van der Waals surface area contributed by atoms with Crippen LogP contribution in [0.3, 0.4) is 0 Å². The van der Waals surface area contributed by atoms with Crippen LogP contribution in [0.5, 0.6) is 0 Å². The Balaban J connectivity index is 1.54. The van der Waals surface area contributed by atoms with E-state index < -0.39 is 5.41 Å². The SMILES string of the molecule is CN1C[C@H]2CN(C(=O)C(C)(C)c3ccccc3)C[C@H]2[C@@H]1c1ccccc1. The van der Waals surface area contributed by atoms with Crippen LogP contribution in [0.15, 0.2) is 60.7 Å². The maximum Gasteiger partial charge on any atom is 0.232 e. The Kier molecular flexibility index (Phi) is 4.36. The van der Waals surface area contributed by atoms with Gasteiger partial charge in [0.15, 0.2) is 0 Å². The van der Waals surface area contributed by atoms with Crippen molar-refractivity contribution in [3.63, 3.8) is 0 Å². The predicted octanol–water partition coefficient (Wildman–Crippen LogP) is 3.73. The predicted molar refractivity (Wildman–Crippen MR) is 105 cm³/mol. The molecule has 136 valence electrons. The molecule has 3 heteroatoms. The van der Waals surface area contributed by atoms with E-state index in [0.29, 0.717) is 17.9 Å². The maximum atomic E-state index is 13.3. The van der Waals surface area contributed by atoms with E-state index in [1.165, 1.54) is 5.56 Å². The molecular weight excluding hydrogens is 320 g/mol. The molecule has 0 spiro atoms. The molecule has 3 nitrogen and oxygen atoms in total. The molecule has 2 heterocycles. The largest absolute Gasteiger partial charge is 0.341 e. The molecular formula is C23H28N2O. The van der Waals surface area contributed by atoms with Gasteiger partial charge in [-0.2, -0.15) is 0 Å². The fraction of sp³-hybridized carbons (Fsp3) is 0.435. The summed E-state index contributed by atoms with van der Waals surface area (Å²) < 4.78 is 0. The van der Waals surface area contributed by atoms with Gasteiger partial charge in [-0.1, -0.05) is 60.7 Å². The van der Waals surface area contributed by atoms with Crippen LogP contribution in [0.25, 0.3) is 0 Å². The summed E-state index contributed by atoms with van der Waals surface area (Å²) in [6.45, 7) is 6.93. The Bertz CT molecular complexity index is 771. The normalized spacial score (nSPS) is 26.1. The summed E-state index contributed by atoms with van der Waals surface area (Å²) in [6.07, 6.45) is 0. The van der Waals surface area contributed by atoms with Crippen LogP contribution in [0.1, 0.15) is 31.0 Å². The summed E-state index contributed by atoms with van der Waals surface area (Å²) in [6, 6.07) is 21.3. The molecule has 2 aromatic rings. The van der Waals surface area contributed by atoms with Gasteiger partial charge in [0.1, 0.15) is 0 Å². The number of amides is 1. The molecule has 2 saturated heterocycles. The number of nitrogens with zero attached hydrogens (tertiary/aromatic N) is 2. The fourth-order valence-electron chi connectivity index (χ4n) is 4.95. The lowest BCUT2D eigenvalue weighted by Gasteiger charge is -2.32. The Morgan fingerprint density at radius 2 is 1.54 bits per heavy atom. The zero-order valence-electron chi connectivity index (χ0n) is 15.9. The van der Waals surface area contributed by atoms with Gasteiger partial charge in [-0.25, -0.2) is 0 Å². The Labute approximate surface area is 156 Å². The van der Waals surface area contributed by atoms with Crippen molar-refractivity contribution >= 4 is 5.91 Å². The van der Waals surface area contributed by atoms with E-state index >= 15 is 0 Å². The molecule has 0 bridgehead atoms. The first-order valence-corrected chi connectivity index (χ1v) is 9.58. The van der Waals surface area contributed by atoms with Crippen LogP contribution < -0.4 is 0 Å². The maximum absolute atomic E-state index is 13.3. The zero-order chi connectivity index (χ0) is 18.3. The zero-order valence-corrected chi connectivity index (χ0v) is 15.9. The van der Waals surface area contributed by atoms with E-state index in [-0.39, 0.29) is 5.91 Å². The Morgan fingerprint density at radius 1 is 0.923 bits per heavy atom. The smallest absolute Gasteiger partial charge is 0.232 e. The van der Waals surface area contributed by atoms with Crippen molar-refractivity contribution in [3.8, 4) is 0 Å². The summed E-state index contributed by atoms with van der Waals surface area (Å²) in [5.74, 6) is 1.35. The molecule has 0 N–H and O–H groups in total. The van der Waals surface area contributed by atoms with Gasteiger partial charge in [-0.3, -0.25) is 9.69 Å². The molecule has 0 aliphatic carbocycles. The second kappa shape index (κ2) is 6.55. The Morgan fingerprint density at radius 3 is 2.19 bits per heavy atom. The highest BCUT2D eigenvalue weighted by Gasteiger charge is 2.49. The van der Waals surface area contributed by atoms with Crippen molar-refractivity contribution in [3.05, 3.63) is 71.8 Å². The molecule has 1 amide bonds. The van der Waals surface area contributed by atoms with Gasteiger partial charge in [0.05, 0.1) is 5.41 Å². The van der Waals surface area contributed by atoms with Gasteiger partial charge in [0.2, 0.25) is 5.91 Å². The molecule has 2 aliphatic rings. The first-order chi connectivity index (χ1) is 12.5. The molecule has 2 fully saturated rings. The van der Waals surface area contributed by atoms with Crippen molar-refractivity contribution in [2.24, 2.45) is 11.8 Å². The lowest BCUT2D eigenvalue weighted by atomic mass is 9.83. The van der Waals surface area contributed by atoms with Crippen molar-refractivity contribution < 1.29 is 4.79 Å². The number of benzene rings is 2. The fourth-order valence-corrected chi connectivity index (χ4v) is 4.95. The third kappa shape index (κ3) is 2.84. The van der Waals surface area contributed by atoms with Gasteiger partial charge in [-0.05, 0) is 37.9 Å². The molecule has 4 rings (SSSR count). The van der Waals surface area contributed by atoms with E-state index in [0.717, 1.165) is 25.2 Å². The van der Waals surface area contributed by atoms with Gasteiger partial charge in [0.25, 0.3) is 0 Å². The molecule has 2 aromatic carbocycles. The third-order valence-corrected chi connectivity index (χ3v) is 6.35. The van der Waals surface area contributed by atoms with Crippen LogP contribution >= 0.6 is 0 Å². The first-order valence-electron chi connectivity index (χ1n) is 9.58. The van der Waals surface area contributed by atoms with Crippen molar-refractivity contribution in [1.82, 2.24) is 9.80 Å². The standard InChI is InChI=1S/C23H28N2O/c1-23(2,19-12-8-5-9-13-19)22(26)25-15-18-14-24(3)21(20(18)16-25)17-10-6-4-7-11-17/h4-13,18,20-21H,14-16H2,1-3H3/t18-,20+,21-/m0/s1. The quantitative estimate of drug-likeness (QED) is 0.844. The van der Waals surface area contributed by atoms with Gasteiger partial charge >= 0.3 is 0 Å². The van der Waals surface area contributed by atoms with Gasteiger partial charge in [0, 0.05) is 31.6 Å². The molecule has 0 unspecified atom stereocenters. The summed E-state index contributed by atoms with van der Waals surface area (Å²) in [7, 11) is 2.22. The minimum Gasteiger partial charge on any atom is -0.341 e. The second-order valence-corrected chi connectivity index (χ2v) is 8.42. The van der Waals surface area contributed by atoms with Gasteiger partial charge < -0.3 is 4.90 Å². The molecule has 3 atom stereocenters. The summed E-state index contributed by atoms with van der Waals surface area (Å²) >= 11 is 0. The molecule has 2 aliphatic heterocycles. The minimum absolute atomic E-state index is 0.257. The average molecular weight is 348 g/mol. The summed E-state index contributed by atoms with van der Waals surface area (Å²) in [4.78, 5) is 17.9. The van der Waals surface area contributed by atoms with E-state index in [9.17, 15) is 4.79 Å². The highest BCUT2D eigenvalue weighted by Crippen LogP contribution is 2.44.